The molecule has 3 heteroatoms. The summed E-state index contributed by atoms with van der Waals surface area (Å²) in [5.41, 5.74) is 7.45. The molecule has 1 unspecified atom stereocenters. The lowest BCUT2D eigenvalue weighted by Gasteiger charge is -2.29. The van der Waals surface area contributed by atoms with Gasteiger partial charge in [-0.3, -0.25) is 0 Å². The molecule has 0 aliphatic carbocycles. The first-order chi connectivity index (χ1) is 9.29. The van der Waals surface area contributed by atoms with Gasteiger partial charge in [0.15, 0.2) is 0 Å². The normalized spacial score (nSPS) is 13.1. The summed E-state index contributed by atoms with van der Waals surface area (Å²) in [6.45, 7) is 12.3. The molecule has 0 bridgehead atoms. The van der Waals surface area contributed by atoms with E-state index in [2.05, 4.69) is 32.6 Å². The van der Waals surface area contributed by atoms with Crippen molar-refractivity contribution in [2.75, 3.05) is 18.0 Å². The standard InChI is InChI=1S/C17H29FN2/c1-12(2)10-20(11-13(3)4)17-7-6-15(8-14(5)19)9-16(17)18/h6-7,9,12-14H,8,10-11,19H2,1-5H3. The molecule has 0 aromatic heterocycles. The van der Waals surface area contributed by atoms with Gasteiger partial charge in [-0.2, -0.15) is 0 Å². The summed E-state index contributed by atoms with van der Waals surface area (Å²) in [5.74, 6) is 0.887. The largest absolute Gasteiger partial charge is 0.369 e. The zero-order valence-electron chi connectivity index (χ0n) is 13.5. The number of rotatable bonds is 7. The summed E-state index contributed by atoms with van der Waals surface area (Å²) < 4.78 is 14.4. The zero-order chi connectivity index (χ0) is 15.3. The Bertz CT molecular complexity index is 403. The minimum Gasteiger partial charge on any atom is -0.369 e. The summed E-state index contributed by atoms with van der Waals surface area (Å²) >= 11 is 0. The van der Waals surface area contributed by atoms with Crippen LogP contribution in [0.25, 0.3) is 0 Å². The van der Waals surface area contributed by atoms with Gasteiger partial charge in [0.05, 0.1) is 5.69 Å². The van der Waals surface area contributed by atoms with Crippen LogP contribution in [0.15, 0.2) is 18.2 Å². The van der Waals surface area contributed by atoms with Gasteiger partial charge in [-0.05, 0) is 42.9 Å². The first-order valence-electron chi connectivity index (χ1n) is 7.58. The average molecular weight is 280 g/mol. The molecule has 0 fully saturated rings. The highest BCUT2D eigenvalue weighted by Gasteiger charge is 2.15. The number of benzene rings is 1. The molecule has 114 valence electrons. The van der Waals surface area contributed by atoms with Crippen LogP contribution in [0.4, 0.5) is 10.1 Å². The number of nitrogens with zero attached hydrogens (tertiary/aromatic N) is 1. The molecule has 0 saturated heterocycles. The van der Waals surface area contributed by atoms with Crippen molar-refractivity contribution < 1.29 is 4.39 Å². The van der Waals surface area contributed by atoms with E-state index in [9.17, 15) is 4.39 Å². The fourth-order valence-electron chi connectivity index (χ4n) is 2.46. The summed E-state index contributed by atoms with van der Waals surface area (Å²) in [7, 11) is 0. The first kappa shape index (κ1) is 17.0. The topological polar surface area (TPSA) is 29.3 Å². The second-order valence-electron chi connectivity index (χ2n) is 6.66. The van der Waals surface area contributed by atoms with E-state index in [1.807, 2.05) is 19.1 Å². The Labute approximate surface area is 123 Å². The second kappa shape index (κ2) is 7.63. The van der Waals surface area contributed by atoms with Crippen molar-refractivity contribution in [3.05, 3.63) is 29.6 Å². The maximum absolute atomic E-state index is 14.4. The highest BCUT2D eigenvalue weighted by atomic mass is 19.1. The maximum Gasteiger partial charge on any atom is 0.146 e. The Balaban J connectivity index is 2.95. The summed E-state index contributed by atoms with van der Waals surface area (Å²) in [5, 5.41) is 0. The van der Waals surface area contributed by atoms with Crippen molar-refractivity contribution in [3.8, 4) is 0 Å². The van der Waals surface area contributed by atoms with Gasteiger partial charge in [0.1, 0.15) is 5.82 Å². The fraction of sp³-hybridized carbons (Fsp3) is 0.647. The molecule has 0 radical (unpaired) electrons. The number of anilines is 1. The van der Waals surface area contributed by atoms with Crippen molar-refractivity contribution in [1.29, 1.82) is 0 Å². The average Bonchev–Trinajstić information content (AvgIpc) is 2.25. The molecule has 2 nitrogen and oxygen atoms in total. The monoisotopic (exact) mass is 280 g/mol. The molecule has 20 heavy (non-hydrogen) atoms. The summed E-state index contributed by atoms with van der Waals surface area (Å²) in [6.07, 6.45) is 0.714. The number of halogens is 1. The van der Waals surface area contributed by atoms with Gasteiger partial charge in [-0.1, -0.05) is 33.8 Å². The van der Waals surface area contributed by atoms with E-state index in [-0.39, 0.29) is 11.9 Å². The van der Waals surface area contributed by atoms with Crippen LogP contribution >= 0.6 is 0 Å². The lowest BCUT2D eigenvalue weighted by molar-refractivity contribution is 0.537. The highest BCUT2D eigenvalue weighted by molar-refractivity contribution is 5.49. The molecular formula is C17H29FN2. The van der Waals surface area contributed by atoms with Gasteiger partial charge >= 0.3 is 0 Å². The van der Waals surface area contributed by atoms with Crippen molar-refractivity contribution >= 4 is 5.69 Å². The third kappa shape index (κ3) is 5.49. The third-order valence-electron chi connectivity index (χ3n) is 3.08. The second-order valence-corrected chi connectivity index (χ2v) is 6.66. The minimum absolute atomic E-state index is 0.0580. The van der Waals surface area contributed by atoms with Gasteiger partial charge in [0.25, 0.3) is 0 Å². The van der Waals surface area contributed by atoms with Gasteiger partial charge < -0.3 is 10.6 Å². The molecule has 1 aromatic rings. The van der Waals surface area contributed by atoms with Gasteiger partial charge in [0.2, 0.25) is 0 Å². The van der Waals surface area contributed by atoms with Gasteiger partial charge in [-0.15, -0.1) is 0 Å². The predicted molar refractivity (Wildman–Crippen MR) is 85.6 cm³/mol. The van der Waals surface area contributed by atoms with Crippen LogP contribution in [-0.4, -0.2) is 19.1 Å². The highest BCUT2D eigenvalue weighted by Crippen LogP contribution is 2.23. The van der Waals surface area contributed by atoms with Crippen LogP contribution in [0.3, 0.4) is 0 Å². The first-order valence-corrected chi connectivity index (χ1v) is 7.58. The lowest BCUT2D eigenvalue weighted by Crippen LogP contribution is -2.32. The molecule has 1 aromatic carbocycles. The van der Waals surface area contributed by atoms with E-state index in [4.69, 9.17) is 5.73 Å². The SMILES string of the molecule is CC(C)CN(CC(C)C)c1ccc(CC(C)N)cc1F. The van der Waals surface area contributed by atoms with Crippen LogP contribution in [0.2, 0.25) is 0 Å². The van der Waals surface area contributed by atoms with Gasteiger partial charge in [0, 0.05) is 19.1 Å². The Morgan fingerprint density at radius 2 is 1.60 bits per heavy atom. The summed E-state index contributed by atoms with van der Waals surface area (Å²) in [6, 6.07) is 5.59. The molecule has 0 amide bonds. The molecule has 1 rings (SSSR count). The van der Waals surface area contributed by atoms with Crippen molar-refractivity contribution in [3.63, 3.8) is 0 Å². The summed E-state index contributed by atoms with van der Waals surface area (Å²) in [4.78, 5) is 2.15. The fourth-order valence-corrected chi connectivity index (χ4v) is 2.46. The van der Waals surface area contributed by atoms with Crippen LogP contribution in [0, 0.1) is 17.7 Å². The van der Waals surface area contributed by atoms with E-state index in [1.54, 1.807) is 6.07 Å². The molecule has 0 saturated carbocycles. The van der Waals surface area contributed by atoms with Crippen LogP contribution in [-0.2, 0) is 6.42 Å². The lowest BCUT2D eigenvalue weighted by atomic mass is 10.1. The Morgan fingerprint density at radius 3 is 2.00 bits per heavy atom. The van der Waals surface area contributed by atoms with Crippen molar-refractivity contribution in [2.45, 2.75) is 47.1 Å². The Kier molecular flexibility index (Phi) is 6.47. The predicted octanol–water partition coefficient (Wildman–Crippen LogP) is 3.83. The maximum atomic E-state index is 14.4. The molecule has 0 heterocycles. The van der Waals surface area contributed by atoms with Crippen LogP contribution in [0.1, 0.15) is 40.2 Å². The van der Waals surface area contributed by atoms with E-state index in [1.165, 1.54) is 0 Å². The quantitative estimate of drug-likeness (QED) is 0.822. The molecule has 2 N–H and O–H groups in total. The minimum atomic E-state index is -0.135. The van der Waals surface area contributed by atoms with Crippen molar-refractivity contribution in [1.82, 2.24) is 0 Å². The number of nitrogens with two attached hydrogens (primary N) is 1. The molecular weight excluding hydrogens is 251 g/mol. The smallest absolute Gasteiger partial charge is 0.146 e. The van der Waals surface area contributed by atoms with E-state index >= 15 is 0 Å². The van der Waals surface area contributed by atoms with Crippen LogP contribution in [0.5, 0.6) is 0 Å². The molecule has 1 atom stereocenters. The van der Waals surface area contributed by atoms with E-state index < -0.39 is 0 Å². The molecule has 0 spiro atoms. The molecule has 0 aliphatic rings. The van der Waals surface area contributed by atoms with E-state index in [0.717, 1.165) is 18.7 Å². The third-order valence-corrected chi connectivity index (χ3v) is 3.08. The van der Waals surface area contributed by atoms with Crippen LogP contribution < -0.4 is 10.6 Å². The number of hydrogen-bond acceptors (Lipinski definition) is 2. The van der Waals surface area contributed by atoms with E-state index in [0.29, 0.717) is 23.9 Å². The Morgan fingerprint density at radius 1 is 1.05 bits per heavy atom. The molecule has 0 aliphatic heterocycles. The Hall–Kier alpha value is -1.09. The van der Waals surface area contributed by atoms with Crippen molar-refractivity contribution in [2.24, 2.45) is 17.6 Å². The van der Waals surface area contributed by atoms with Gasteiger partial charge in [-0.25, -0.2) is 4.39 Å². The zero-order valence-corrected chi connectivity index (χ0v) is 13.5. The number of hydrogen-bond donors (Lipinski definition) is 1.